The van der Waals surface area contributed by atoms with Crippen LogP contribution in [0.5, 0.6) is 0 Å². The van der Waals surface area contributed by atoms with Gasteiger partial charge in [0.1, 0.15) is 30.7 Å². The van der Waals surface area contributed by atoms with Gasteiger partial charge in [0.15, 0.2) is 0 Å². The molecule has 7 N–H and O–H groups in total. The van der Waals surface area contributed by atoms with E-state index in [9.17, 15) is 45.3 Å². The maximum atomic E-state index is 14.4. The quantitative estimate of drug-likeness (QED) is 0.131. The summed E-state index contributed by atoms with van der Waals surface area (Å²) in [5.41, 5.74) is -2.87. The van der Waals surface area contributed by atoms with Gasteiger partial charge in [-0.25, -0.2) is 0 Å². The molecule has 6 rings (SSSR count). The van der Waals surface area contributed by atoms with E-state index in [-0.39, 0.29) is 17.3 Å². The van der Waals surface area contributed by atoms with Gasteiger partial charge in [0.05, 0.1) is 35.7 Å². The molecule has 5 fully saturated rings. The van der Waals surface area contributed by atoms with Crippen LogP contribution >= 0.6 is 0 Å². The predicted octanol–water partition coefficient (Wildman–Crippen LogP) is 1.61. The van der Waals surface area contributed by atoms with Gasteiger partial charge in [-0.1, -0.05) is 53.2 Å². The van der Waals surface area contributed by atoms with Crippen LogP contribution in [0.25, 0.3) is 0 Å². The molecule has 1 saturated heterocycles. The topological polar surface area (TPSA) is 194 Å². The minimum atomic E-state index is -1.73. The van der Waals surface area contributed by atoms with E-state index < -0.39 is 94.6 Å². The number of esters is 1. The van der Waals surface area contributed by atoms with Gasteiger partial charge in [-0.05, 0) is 84.9 Å². The van der Waals surface area contributed by atoms with Crippen molar-refractivity contribution in [2.45, 2.75) is 142 Å². The van der Waals surface area contributed by atoms with Crippen LogP contribution in [0, 0.1) is 50.2 Å². The molecule has 6 aliphatic rings. The molecule has 0 radical (unpaired) electrons. The van der Waals surface area contributed by atoms with Crippen molar-refractivity contribution in [3.05, 3.63) is 11.6 Å². The molecule has 11 nitrogen and oxygen atoms in total. The van der Waals surface area contributed by atoms with Crippen LogP contribution in [0.3, 0.4) is 0 Å². The summed E-state index contributed by atoms with van der Waals surface area (Å²) in [5, 5.41) is 75.2. The average molecular weight is 665 g/mol. The van der Waals surface area contributed by atoms with Gasteiger partial charge in [0.25, 0.3) is 0 Å². The minimum Gasteiger partial charge on any atom is -0.432 e. The number of aliphatic hydroxyl groups is 7. The molecule has 11 heteroatoms. The first-order valence-corrected chi connectivity index (χ1v) is 17.5. The van der Waals surface area contributed by atoms with E-state index in [4.69, 9.17) is 9.47 Å². The molecule has 0 bridgehead atoms. The number of rotatable bonds is 4. The van der Waals surface area contributed by atoms with Gasteiger partial charge >= 0.3 is 5.97 Å². The third-order valence-corrected chi connectivity index (χ3v) is 15.3. The zero-order valence-electron chi connectivity index (χ0n) is 28.6. The second-order valence-electron chi connectivity index (χ2n) is 17.7. The maximum absolute atomic E-state index is 14.4. The molecule has 0 aromatic rings. The van der Waals surface area contributed by atoms with Crippen molar-refractivity contribution < 1.29 is 54.8 Å². The van der Waals surface area contributed by atoms with Crippen molar-refractivity contribution in [3.8, 4) is 0 Å². The molecule has 266 valence electrons. The molecule has 0 aromatic heterocycles. The fourth-order valence-electron chi connectivity index (χ4n) is 12.0. The van der Waals surface area contributed by atoms with Crippen molar-refractivity contribution in [2.75, 3.05) is 6.61 Å². The first kappa shape index (κ1) is 35.4. The Bertz CT molecular complexity index is 1300. The number of aldehydes is 1. The molecule has 1 aliphatic heterocycles. The third-order valence-electron chi connectivity index (χ3n) is 15.3. The summed E-state index contributed by atoms with van der Waals surface area (Å²) in [6.07, 6.45) is -3.30. The van der Waals surface area contributed by atoms with E-state index in [1.807, 2.05) is 13.8 Å². The Morgan fingerprint density at radius 1 is 0.894 bits per heavy atom. The summed E-state index contributed by atoms with van der Waals surface area (Å²) in [4.78, 5) is 27.0. The number of fused-ring (bicyclic) bond motifs is 7. The van der Waals surface area contributed by atoms with Crippen LogP contribution in [0.15, 0.2) is 11.6 Å². The van der Waals surface area contributed by atoms with Crippen LogP contribution in [-0.2, 0) is 19.1 Å². The molecular weight excluding hydrogens is 608 g/mol. The highest BCUT2D eigenvalue weighted by molar-refractivity contribution is 5.79. The standard InChI is InChI=1S/C36H56O11/c1-31(2)11-13-36(30(45)47-29-26(42)25(41)24(40)20(16-37)46-29)14-12-34(5)18(23(36)28(31)44)7-8-22-32(3)15-19(39)27(43)33(4,17-38)21(32)9-10-35(22,34)6/h7,17,19-29,37,39-44H,8-16H2,1-6H3/t19-,20-,21?,22?,23-,24-,25+,26-,27+,28+,29+,32+,33-,34-,35-,36+/m1/s1. The number of hydrogen-bond acceptors (Lipinski definition) is 11. The third kappa shape index (κ3) is 4.59. The molecule has 0 amide bonds. The van der Waals surface area contributed by atoms with Gasteiger partial charge in [0, 0.05) is 5.92 Å². The van der Waals surface area contributed by atoms with Gasteiger partial charge in [-0.2, -0.15) is 0 Å². The van der Waals surface area contributed by atoms with E-state index in [0.717, 1.165) is 18.3 Å². The van der Waals surface area contributed by atoms with Gasteiger partial charge in [-0.3, -0.25) is 4.79 Å². The van der Waals surface area contributed by atoms with Crippen molar-refractivity contribution in [1.29, 1.82) is 0 Å². The number of ether oxygens (including phenoxy) is 2. The molecule has 47 heavy (non-hydrogen) atoms. The normalized spacial score (nSPS) is 55.3. The Labute approximate surface area is 277 Å². The van der Waals surface area contributed by atoms with Crippen LogP contribution < -0.4 is 0 Å². The van der Waals surface area contributed by atoms with Gasteiger partial charge in [-0.15, -0.1) is 0 Å². The lowest BCUT2D eigenvalue weighted by molar-refractivity contribution is -0.298. The summed E-state index contributed by atoms with van der Waals surface area (Å²) in [7, 11) is 0. The molecule has 5 aliphatic carbocycles. The fourth-order valence-corrected chi connectivity index (χ4v) is 12.0. The number of hydrogen-bond donors (Lipinski definition) is 7. The Morgan fingerprint density at radius 3 is 2.19 bits per heavy atom. The van der Waals surface area contributed by atoms with E-state index in [0.29, 0.717) is 44.9 Å². The lowest BCUT2D eigenvalue weighted by atomic mass is 9.33. The van der Waals surface area contributed by atoms with Crippen LogP contribution in [0.2, 0.25) is 0 Å². The highest BCUT2D eigenvalue weighted by atomic mass is 16.7. The molecular formula is C36H56O11. The number of aliphatic hydroxyl groups excluding tert-OH is 7. The smallest absolute Gasteiger partial charge is 0.315 e. The summed E-state index contributed by atoms with van der Waals surface area (Å²) in [5.74, 6) is -1.27. The van der Waals surface area contributed by atoms with Crippen molar-refractivity contribution in [3.63, 3.8) is 0 Å². The molecule has 0 aromatic carbocycles. The van der Waals surface area contributed by atoms with Gasteiger partial charge in [0.2, 0.25) is 6.29 Å². The number of carbonyl (C=O) groups excluding carboxylic acids is 2. The summed E-state index contributed by atoms with van der Waals surface area (Å²) >= 11 is 0. The van der Waals surface area contributed by atoms with Crippen molar-refractivity contribution in [2.24, 2.45) is 50.2 Å². The lowest BCUT2D eigenvalue weighted by Gasteiger charge is -2.71. The lowest BCUT2D eigenvalue weighted by Crippen LogP contribution is -2.69. The first-order chi connectivity index (χ1) is 21.8. The van der Waals surface area contributed by atoms with E-state index in [1.54, 1.807) is 6.92 Å². The van der Waals surface area contributed by atoms with Crippen molar-refractivity contribution >= 4 is 12.3 Å². The maximum Gasteiger partial charge on any atom is 0.315 e. The molecule has 2 unspecified atom stereocenters. The highest BCUT2D eigenvalue weighted by Gasteiger charge is 2.72. The van der Waals surface area contributed by atoms with E-state index in [2.05, 4.69) is 26.8 Å². The summed E-state index contributed by atoms with van der Waals surface area (Å²) in [6.45, 7) is 11.8. The summed E-state index contributed by atoms with van der Waals surface area (Å²) in [6, 6.07) is 0. The molecule has 1 heterocycles. The highest BCUT2D eigenvalue weighted by Crippen LogP contribution is 2.75. The fraction of sp³-hybridized carbons (Fsp3) is 0.889. The predicted molar refractivity (Wildman–Crippen MR) is 168 cm³/mol. The number of allylic oxidation sites excluding steroid dienone is 1. The SMILES string of the molecule is CC1(C)CC[C@]2(C(=O)O[C@@H]3O[C@H](CO)[C@@H](O)[C@H](O)[C@H]3O)CC[C@]3(C)C(=CCC4[C@@]5(C)C[C@@H](O)[C@H](O)[C@](C)(C=O)C5CC[C@]43C)[C@@H]2[C@@H]1O. The zero-order valence-corrected chi connectivity index (χ0v) is 28.6. The Morgan fingerprint density at radius 2 is 1.55 bits per heavy atom. The minimum absolute atomic E-state index is 0.0752. The van der Waals surface area contributed by atoms with Crippen LogP contribution in [0.1, 0.15) is 92.9 Å². The van der Waals surface area contributed by atoms with Crippen molar-refractivity contribution in [1.82, 2.24) is 0 Å². The average Bonchev–Trinajstić information content (AvgIpc) is 3.02. The van der Waals surface area contributed by atoms with E-state index >= 15 is 0 Å². The van der Waals surface area contributed by atoms with Gasteiger partial charge < -0.3 is 50.0 Å². The Balaban J connectivity index is 1.39. The first-order valence-electron chi connectivity index (χ1n) is 17.5. The van der Waals surface area contributed by atoms with E-state index in [1.165, 1.54) is 0 Å². The largest absolute Gasteiger partial charge is 0.432 e. The van der Waals surface area contributed by atoms with Crippen LogP contribution in [-0.4, -0.2) is 104 Å². The Hall–Kier alpha value is -1.44. The second-order valence-corrected chi connectivity index (χ2v) is 17.7. The Kier molecular flexibility index (Phi) is 8.50. The number of carbonyl (C=O) groups is 2. The molecule has 16 atom stereocenters. The molecule has 0 spiro atoms. The molecule has 4 saturated carbocycles. The zero-order chi connectivity index (χ0) is 34.7. The monoisotopic (exact) mass is 664 g/mol. The second kappa shape index (κ2) is 11.3. The van der Waals surface area contributed by atoms with Crippen LogP contribution in [0.4, 0.5) is 0 Å². The summed E-state index contributed by atoms with van der Waals surface area (Å²) < 4.78 is 11.4.